The van der Waals surface area contributed by atoms with Crippen molar-refractivity contribution in [1.29, 1.82) is 0 Å². The number of nitrogen functional groups attached to an aromatic ring is 1. The molecule has 1 aromatic heterocycles. The number of nitrogens with two attached hydrogens (primary N) is 1. The Labute approximate surface area is 112 Å². The van der Waals surface area contributed by atoms with E-state index >= 15 is 0 Å². The van der Waals surface area contributed by atoms with Crippen LogP contribution in [0, 0.1) is 0 Å². The van der Waals surface area contributed by atoms with Crippen molar-refractivity contribution in [2.45, 2.75) is 0 Å². The minimum Gasteiger partial charge on any atom is -0.398 e. The fraction of sp³-hybridized carbons (Fsp3) is 0. The molecule has 0 fully saturated rings. The highest BCUT2D eigenvalue weighted by molar-refractivity contribution is 5.93. The molecule has 1 heterocycles. The first-order valence-corrected chi connectivity index (χ1v) is 6.15. The van der Waals surface area contributed by atoms with Crippen LogP contribution in [0.15, 0.2) is 61.3 Å². The minimum atomic E-state index is 0.759. The Morgan fingerprint density at radius 1 is 0.947 bits per heavy atom. The van der Waals surface area contributed by atoms with Crippen LogP contribution in [0.4, 0.5) is 5.69 Å². The lowest BCUT2D eigenvalue weighted by molar-refractivity contribution is 1.41. The molecule has 19 heavy (non-hydrogen) atoms. The van der Waals surface area contributed by atoms with Gasteiger partial charge in [-0.25, -0.2) is 0 Å². The maximum Gasteiger partial charge on any atom is 0.0723 e. The van der Waals surface area contributed by atoms with Gasteiger partial charge in [-0.3, -0.25) is 4.98 Å². The topological polar surface area (TPSA) is 38.9 Å². The van der Waals surface area contributed by atoms with Crippen molar-refractivity contribution in [2.24, 2.45) is 0 Å². The average molecular weight is 246 g/mol. The zero-order chi connectivity index (χ0) is 13.2. The van der Waals surface area contributed by atoms with Crippen molar-refractivity contribution in [3.8, 4) is 11.1 Å². The van der Waals surface area contributed by atoms with Crippen LogP contribution in [0.1, 0.15) is 5.56 Å². The van der Waals surface area contributed by atoms with Crippen LogP contribution in [-0.4, -0.2) is 4.98 Å². The molecule has 92 valence electrons. The molecule has 0 aliphatic heterocycles. The van der Waals surface area contributed by atoms with Crippen molar-refractivity contribution in [1.82, 2.24) is 4.98 Å². The first-order chi connectivity index (χ1) is 9.28. The molecule has 0 bridgehead atoms. The van der Waals surface area contributed by atoms with E-state index in [0.717, 1.165) is 33.3 Å². The molecule has 0 atom stereocenters. The molecule has 3 aromatic rings. The summed E-state index contributed by atoms with van der Waals surface area (Å²) in [5, 5.41) is 0.993. The van der Waals surface area contributed by atoms with E-state index in [4.69, 9.17) is 5.73 Å². The number of aromatic nitrogens is 1. The molecule has 0 radical (unpaired) electrons. The van der Waals surface area contributed by atoms with E-state index in [1.165, 1.54) is 0 Å². The molecule has 2 aromatic carbocycles. The fourth-order valence-corrected chi connectivity index (χ4v) is 2.16. The Morgan fingerprint density at radius 3 is 2.42 bits per heavy atom. The monoisotopic (exact) mass is 246 g/mol. The van der Waals surface area contributed by atoms with Gasteiger partial charge >= 0.3 is 0 Å². The highest BCUT2D eigenvalue weighted by Gasteiger charge is 2.02. The van der Waals surface area contributed by atoms with Gasteiger partial charge in [0.2, 0.25) is 0 Å². The van der Waals surface area contributed by atoms with Crippen molar-refractivity contribution < 1.29 is 0 Å². The first kappa shape index (κ1) is 11.5. The van der Waals surface area contributed by atoms with E-state index in [0.29, 0.717) is 0 Å². The predicted octanol–water partition coefficient (Wildman–Crippen LogP) is 4.13. The number of benzene rings is 2. The van der Waals surface area contributed by atoms with Gasteiger partial charge in [0.05, 0.1) is 5.52 Å². The third-order valence-electron chi connectivity index (χ3n) is 3.25. The maximum atomic E-state index is 6.00. The molecule has 2 nitrogen and oxygen atoms in total. The van der Waals surface area contributed by atoms with Crippen molar-refractivity contribution in [2.75, 3.05) is 5.73 Å². The third-order valence-corrected chi connectivity index (χ3v) is 3.25. The smallest absolute Gasteiger partial charge is 0.0723 e. The van der Waals surface area contributed by atoms with E-state index in [-0.39, 0.29) is 0 Å². The lowest BCUT2D eigenvalue weighted by atomic mass is 10.0. The van der Waals surface area contributed by atoms with Crippen molar-refractivity contribution in [3.63, 3.8) is 0 Å². The molecule has 0 spiro atoms. The lowest BCUT2D eigenvalue weighted by Gasteiger charge is -2.06. The zero-order valence-electron chi connectivity index (χ0n) is 10.5. The van der Waals surface area contributed by atoms with E-state index < -0.39 is 0 Å². The fourth-order valence-electron chi connectivity index (χ4n) is 2.16. The number of pyridine rings is 1. The highest BCUT2D eigenvalue weighted by atomic mass is 14.7. The second-order valence-electron chi connectivity index (χ2n) is 4.46. The summed E-state index contributed by atoms with van der Waals surface area (Å²) in [6, 6.07) is 16.3. The van der Waals surface area contributed by atoms with E-state index in [1.54, 1.807) is 6.20 Å². The summed E-state index contributed by atoms with van der Waals surface area (Å²) in [6.07, 6.45) is 3.57. The zero-order valence-corrected chi connectivity index (χ0v) is 10.5. The van der Waals surface area contributed by atoms with Crippen LogP contribution in [0.5, 0.6) is 0 Å². The van der Waals surface area contributed by atoms with Gasteiger partial charge < -0.3 is 5.73 Å². The molecule has 3 rings (SSSR count). The Kier molecular flexibility index (Phi) is 2.76. The number of fused-ring (bicyclic) bond motifs is 1. The largest absolute Gasteiger partial charge is 0.398 e. The molecular weight excluding hydrogens is 232 g/mol. The Morgan fingerprint density at radius 2 is 1.68 bits per heavy atom. The molecule has 2 N–H and O–H groups in total. The van der Waals surface area contributed by atoms with Gasteiger partial charge in [-0.15, -0.1) is 0 Å². The van der Waals surface area contributed by atoms with Gasteiger partial charge in [-0.05, 0) is 34.9 Å². The summed E-state index contributed by atoms with van der Waals surface area (Å²) in [5.41, 5.74) is 11.1. The summed E-state index contributed by atoms with van der Waals surface area (Å²) in [7, 11) is 0. The number of anilines is 1. The van der Waals surface area contributed by atoms with Crippen LogP contribution in [0.25, 0.3) is 28.1 Å². The summed E-state index contributed by atoms with van der Waals surface area (Å²) in [4.78, 5) is 4.31. The molecule has 2 heteroatoms. The summed E-state index contributed by atoms with van der Waals surface area (Å²) in [5.74, 6) is 0. The molecule has 0 aliphatic rings. The Hall–Kier alpha value is -2.61. The second-order valence-corrected chi connectivity index (χ2v) is 4.46. The predicted molar refractivity (Wildman–Crippen MR) is 81.7 cm³/mol. The van der Waals surface area contributed by atoms with Gasteiger partial charge in [0, 0.05) is 17.3 Å². The minimum absolute atomic E-state index is 0.759. The van der Waals surface area contributed by atoms with E-state index in [9.17, 15) is 0 Å². The Bertz CT molecular complexity index is 743. The number of hydrogen-bond donors (Lipinski definition) is 1. The number of nitrogens with zero attached hydrogens (tertiary/aromatic N) is 1. The van der Waals surface area contributed by atoms with Gasteiger partial charge in [-0.1, -0.05) is 43.0 Å². The highest BCUT2D eigenvalue weighted by Crippen LogP contribution is 2.26. The summed E-state index contributed by atoms with van der Waals surface area (Å²) < 4.78 is 0. The van der Waals surface area contributed by atoms with E-state index in [1.807, 2.05) is 18.2 Å². The van der Waals surface area contributed by atoms with E-state index in [2.05, 4.69) is 48.0 Å². The maximum absolute atomic E-state index is 6.00. The standard InChI is InChI=1S/C17H14N2/c1-2-12-3-5-13(6-4-12)14-7-8-17-15(11-14)16(18)9-10-19-17/h2-11H,1H2,(H2,18,19). The molecule has 0 saturated carbocycles. The van der Waals surface area contributed by atoms with Crippen LogP contribution in [0.3, 0.4) is 0 Å². The third kappa shape index (κ3) is 2.08. The van der Waals surface area contributed by atoms with Crippen LogP contribution in [0.2, 0.25) is 0 Å². The van der Waals surface area contributed by atoms with Gasteiger partial charge in [0.25, 0.3) is 0 Å². The molecular formula is C17H14N2. The van der Waals surface area contributed by atoms with Crippen LogP contribution >= 0.6 is 0 Å². The van der Waals surface area contributed by atoms with Crippen LogP contribution < -0.4 is 5.73 Å². The second kappa shape index (κ2) is 4.58. The number of rotatable bonds is 2. The molecule has 0 aliphatic carbocycles. The lowest BCUT2D eigenvalue weighted by Crippen LogP contribution is -1.89. The first-order valence-electron chi connectivity index (χ1n) is 6.15. The molecule has 0 saturated heterocycles. The normalized spacial score (nSPS) is 10.5. The summed E-state index contributed by atoms with van der Waals surface area (Å²) >= 11 is 0. The summed E-state index contributed by atoms with van der Waals surface area (Å²) in [6.45, 7) is 3.76. The van der Waals surface area contributed by atoms with Gasteiger partial charge in [0.1, 0.15) is 0 Å². The van der Waals surface area contributed by atoms with Crippen molar-refractivity contribution >= 4 is 22.7 Å². The SMILES string of the molecule is C=Cc1ccc(-c2ccc3nccc(N)c3c2)cc1. The molecule has 0 unspecified atom stereocenters. The quantitative estimate of drug-likeness (QED) is 0.738. The van der Waals surface area contributed by atoms with Crippen molar-refractivity contribution in [3.05, 3.63) is 66.9 Å². The van der Waals surface area contributed by atoms with Gasteiger partial charge in [-0.2, -0.15) is 0 Å². The van der Waals surface area contributed by atoms with Gasteiger partial charge in [0.15, 0.2) is 0 Å². The van der Waals surface area contributed by atoms with Crippen LogP contribution in [-0.2, 0) is 0 Å². The molecule has 0 amide bonds. The average Bonchev–Trinajstić information content (AvgIpc) is 2.47. The number of hydrogen-bond acceptors (Lipinski definition) is 2. The Balaban J connectivity index is 2.14.